The van der Waals surface area contributed by atoms with Crippen molar-refractivity contribution in [2.45, 2.75) is 32.4 Å². The largest absolute Gasteiger partial charge is 0.496 e. The summed E-state index contributed by atoms with van der Waals surface area (Å²) >= 11 is 3.62. The van der Waals surface area contributed by atoms with Gasteiger partial charge in [0.2, 0.25) is 0 Å². The number of nitrogens with one attached hydrogen (secondary N) is 1. The first kappa shape index (κ1) is 16.0. The first-order valence-corrected chi connectivity index (χ1v) is 7.89. The van der Waals surface area contributed by atoms with Gasteiger partial charge in [0.25, 0.3) is 0 Å². The summed E-state index contributed by atoms with van der Waals surface area (Å²) in [6.07, 6.45) is 2.71. The number of para-hydroxylation sites is 1. The Morgan fingerprint density at radius 1 is 1.33 bits per heavy atom. The lowest BCUT2D eigenvalue weighted by Gasteiger charge is -2.21. The number of hydrogen-bond donors (Lipinski definition) is 1. The molecule has 114 valence electrons. The Kier molecular flexibility index (Phi) is 5.42. The zero-order valence-electron chi connectivity index (χ0n) is 12.9. The number of halogens is 1. The molecule has 0 fully saturated rings. The fourth-order valence-electron chi connectivity index (χ4n) is 2.52. The Hall–Kier alpha value is -1.33. The van der Waals surface area contributed by atoms with E-state index in [2.05, 4.69) is 50.9 Å². The predicted octanol–water partition coefficient (Wildman–Crippen LogP) is 3.74. The Labute approximate surface area is 134 Å². The third-order valence-corrected chi connectivity index (χ3v) is 4.18. The maximum Gasteiger partial charge on any atom is 0.122 e. The number of nitrogens with zero attached hydrogens (tertiary/aromatic N) is 2. The minimum Gasteiger partial charge on any atom is -0.496 e. The van der Waals surface area contributed by atoms with E-state index in [4.69, 9.17) is 4.74 Å². The van der Waals surface area contributed by atoms with Gasteiger partial charge in [-0.1, -0.05) is 18.2 Å². The topological polar surface area (TPSA) is 39.1 Å². The van der Waals surface area contributed by atoms with Crippen LogP contribution in [0.15, 0.2) is 34.9 Å². The lowest BCUT2D eigenvalue weighted by atomic mass is 10.0. The van der Waals surface area contributed by atoms with E-state index in [1.54, 1.807) is 7.11 Å². The van der Waals surface area contributed by atoms with Gasteiger partial charge >= 0.3 is 0 Å². The molecule has 0 aliphatic rings. The summed E-state index contributed by atoms with van der Waals surface area (Å²) < 4.78 is 8.54. The Balaban J connectivity index is 2.35. The standard InChI is InChI=1S/C16H22BrN3O/c1-11(2)20-16(13(17)10-19-20)14(18-3)9-12-7-5-6-8-15(12)21-4/h5-8,10-11,14,18H,9H2,1-4H3. The van der Waals surface area contributed by atoms with Crippen LogP contribution in [-0.2, 0) is 6.42 Å². The molecule has 1 heterocycles. The van der Waals surface area contributed by atoms with Crippen LogP contribution in [0.5, 0.6) is 5.75 Å². The summed E-state index contributed by atoms with van der Waals surface area (Å²) in [5.41, 5.74) is 2.35. The molecule has 1 atom stereocenters. The van der Waals surface area contributed by atoms with Crippen LogP contribution >= 0.6 is 15.9 Å². The van der Waals surface area contributed by atoms with E-state index < -0.39 is 0 Å². The van der Waals surface area contributed by atoms with Gasteiger partial charge in [0, 0.05) is 6.04 Å². The third kappa shape index (κ3) is 3.47. The summed E-state index contributed by atoms with van der Waals surface area (Å²) in [6, 6.07) is 8.62. The number of likely N-dealkylation sites (N-methyl/N-ethyl adjacent to an activating group) is 1. The van der Waals surface area contributed by atoms with Gasteiger partial charge in [0.15, 0.2) is 0 Å². The highest BCUT2D eigenvalue weighted by Crippen LogP contribution is 2.30. The van der Waals surface area contributed by atoms with Crippen LogP contribution in [0.2, 0.25) is 0 Å². The summed E-state index contributed by atoms with van der Waals surface area (Å²) in [6.45, 7) is 4.28. The van der Waals surface area contributed by atoms with Crippen molar-refractivity contribution in [1.82, 2.24) is 15.1 Å². The molecule has 5 heteroatoms. The van der Waals surface area contributed by atoms with Crippen molar-refractivity contribution in [1.29, 1.82) is 0 Å². The molecule has 0 spiro atoms. The van der Waals surface area contributed by atoms with Crippen molar-refractivity contribution in [3.8, 4) is 5.75 Å². The van der Waals surface area contributed by atoms with Gasteiger partial charge in [0.1, 0.15) is 5.75 Å². The van der Waals surface area contributed by atoms with Gasteiger partial charge in [0.05, 0.1) is 29.5 Å². The molecule has 1 aromatic carbocycles. The maximum atomic E-state index is 5.45. The van der Waals surface area contributed by atoms with E-state index in [0.717, 1.165) is 16.6 Å². The SMILES string of the molecule is CNC(Cc1ccccc1OC)c1c(Br)cnn1C(C)C. The van der Waals surface area contributed by atoms with Crippen molar-refractivity contribution < 1.29 is 4.74 Å². The van der Waals surface area contributed by atoms with E-state index >= 15 is 0 Å². The molecule has 2 rings (SSSR count). The zero-order chi connectivity index (χ0) is 15.4. The van der Waals surface area contributed by atoms with E-state index in [1.165, 1.54) is 11.3 Å². The minimum absolute atomic E-state index is 0.167. The lowest BCUT2D eigenvalue weighted by Crippen LogP contribution is -2.24. The molecular formula is C16H22BrN3O. The normalized spacial score (nSPS) is 12.7. The van der Waals surface area contributed by atoms with Gasteiger partial charge in [-0.15, -0.1) is 0 Å². The molecule has 2 aromatic rings. The second-order valence-electron chi connectivity index (χ2n) is 5.27. The Bertz CT molecular complexity index is 595. The minimum atomic E-state index is 0.167. The number of hydrogen-bond acceptors (Lipinski definition) is 3. The van der Waals surface area contributed by atoms with Crippen molar-refractivity contribution in [2.24, 2.45) is 0 Å². The Morgan fingerprint density at radius 3 is 2.67 bits per heavy atom. The van der Waals surface area contributed by atoms with E-state index in [-0.39, 0.29) is 6.04 Å². The summed E-state index contributed by atoms with van der Waals surface area (Å²) in [5.74, 6) is 0.921. The molecule has 0 saturated heterocycles. The van der Waals surface area contributed by atoms with Gasteiger partial charge in [-0.2, -0.15) is 5.10 Å². The quantitative estimate of drug-likeness (QED) is 0.861. The molecule has 0 radical (unpaired) electrons. The van der Waals surface area contributed by atoms with Crippen LogP contribution in [-0.4, -0.2) is 23.9 Å². The van der Waals surface area contributed by atoms with Crippen LogP contribution in [0.1, 0.15) is 37.2 Å². The molecule has 0 amide bonds. The molecule has 0 aliphatic heterocycles. The molecule has 1 N–H and O–H groups in total. The highest BCUT2D eigenvalue weighted by Gasteiger charge is 2.21. The monoisotopic (exact) mass is 351 g/mol. The van der Waals surface area contributed by atoms with Crippen molar-refractivity contribution in [3.05, 3.63) is 46.2 Å². The zero-order valence-corrected chi connectivity index (χ0v) is 14.5. The van der Waals surface area contributed by atoms with Gasteiger partial charge in [-0.25, -0.2) is 0 Å². The number of methoxy groups -OCH3 is 1. The second kappa shape index (κ2) is 7.09. The number of ether oxygens (including phenoxy) is 1. The molecule has 0 bridgehead atoms. The summed E-state index contributed by atoms with van der Waals surface area (Å²) in [4.78, 5) is 0. The van der Waals surface area contributed by atoms with E-state index in [9.17, 15) is 0 Å². The first-order chi connectivity index (χ1) is 10.1. The molecule has 0 aliphatic carbocycles. The number of rotatable bonds is 6. The van der Waals surface area contributed by atoms with Crippen LogP contribution in [0.4, 0.5) is 0 Å². The smallest absolute Gasteiger partial charge is 0.122 e. The van der Waals surface area contributed by atoms with Crippen LogP contribution < -0.4 is 10.1 Å². The number of aromatic nitrogens is 2. The van der Waals surface area contributed by atoms with Gasteiger partial charge in [-0.05, 0) is 54.9 Å². The fraction of sp³-hybridized carbons (Fsp3) is 0.438. The molecule has 4 nitrogen and oxygen atoms in total. The predicted molar refractivity (Wildman–Crippen MR) is 88.8 cm³/mol. The molecular weight excluding hydrogens is 330 g/mol. The van der Waals surface area contributed by atoms with Crippen molar-refractivity contribution in [2.75, 3.05) is 14.2 Å². The first-order valence-electron chi connectivity index (χ1n) is 7.10. The van der Waals surface area contributed by atoms with Crippen LogP contribution in [0, 0.1) is 0 Å². The van der Waals surface area contributed by atoms with E-state index in [1.807, 2.05) is 31.4 Å². The average molecular weight is 352 g/mol. The van der Waals surface area contributed by atoms with Crippen LogP contribution in [0.25, 0.3) is 0 Å². The van der Waals surface area contributed by atoms with E-state index in [0.29, 0.717) is 6.04 Å². The summed E-state index contributed by atoms with van der Waals surface area (Å²) in [7, 11) is 3.69. The van der Waals surface area contributed by atoms with Crippen molar-refractivity contribution >= 4 is 15.9 Å². The molecule has 1 aromatic heterocycles. The maximum absolute atomic E-state index is 5.45. The highest BCUT2D eigenvalue weighted by atomic mass is 79.9. The Morgan fingerprint density at radius 2 is 2.05 bits per heavy atom. The lowest BCUT2D eigenvalue weighted by molar-refractivity contribution is 0.403. The van der Waals surface area contributed by atoms with Crippen molar-refractivity contribution in [3.63, 3.8) is 0 Å². The number of benzene rings is 1. The highest BCUT2D eigenvalue weighted by molar-refractivity contribution is 9.10. The third-order valence-electron chi connectivity index (χ3n) is 3.57. The molecule has 21 heavy (non-hydrogen) atoms. The fourth-order valence-corrected chi connectivity index (χ4v) is 3.06. The molecule has 0 saturated carbocycles. The van der Waals surface area contributed by atoms with Gasteiger partial charge in [-0.3, -0.25) is 4.68 Å². The van der Waals surface area contributed by atoms with Gasteiger partial charge < -0.3 is 10.1 Å². The molecule has 1 unspecified atom stereocenters. The second-order valence-corrected chi connectivity index (χ2v) is 6.13. The van der Waals surface area contributed by atoms with Crippen LogP contribution in [0.3, 0.4) is 0 Å². The summed E-state index contributed by atoms with van der Waals surface area (Å²) in [5, 5.41) is 7.86. The average Bonchev–Trinajstić information content (AvgIpc) is 2.87.